The number of likely N-dealkylation sites (tertiary alicyclic amines) is 1. The second-order valence-corrected chi connectivity index (χ2v) is 8.05. The molecule has 3 rings (SSSR count). The van der Waals surface area contributed by atoms with Crippen LogP contribution in [-0.2, 0) is 12.6 Å². The lowest BCUT2D eigenvalue weighted by atomic mass is 9.99. The van der Waals surface area contributed by atoms with Crippen LogP contribution in [0.3, 0.4) is 0 Å². The summed E-state index contributed by atoms with van der Waals surface area (Å²) in [5, 5.41) is 17.0. The van der Waals surface area contributed by atoms with Gasteiger partial charge >= 0.3 is 6.18 Å². The summed E-state index contributed by atoms with van der Waals surface area (Å²) in [6, 6.07) is 5.75. The minimum atomic E-state index is -4.33. The van der Waals surface area contributed by atoms with Crippen molar-refractivity contribution in [3.63, 3.8) is 0 Å². The van der Waals surface area contributed by atoms with Crippen LogP contribution in [0.15, 0.2) is 30.5 Å². The summed E-state index contributed by atoms with van der Waals surface area (Å²) >= 11 is 0. The van der Waals surface area contributed by atoms with Crippen molar-refractivity contribution in [1.82, 2.24) is 24.8 Å². The number of piperidine rings is 1. The number of nitrogens with zero attached hydrogens (tertiary/aromatic N) is 5. The topological polar surface area (TPSA) is 74.5 Å². The number of likely N-dealkylation sites (N-methyl/N-ethyl adjacent to an activating group) is 1. The molecule has 0 unspecified atom stereocenters. The zero-order chi connectivity index (χ0) is 22.6. The number of alkyl halides is 3. The Morgan fingerprint density at radius 3 is 2.68 bits per heavy atom. The first-order valence-corrected chi connectivity index (χ1v) is 10.4. The summed E-state index contributed by atoms with van der Waals surface area (Å²) in [6.45, 7) is 3.72. The van der Waals surface area contributed by atoms with E-state index in [0.29, 0.717) is 12.0 Å². The molecule has 1 aliphatic heterocycles. The second kappa shape index (κ2) is 9.78. The van der Waals surface area contributed by atoms with Gasteiger partial charge < -0.3 is 14.9 Å². The Morgan fingerprint density at radius 1 is 1.32 bits per heavy atom. The van der Waals surface area contributed by atoms with Gasteiger partial charge in [0.15, 0.2) is 5.69 Å². The van der Waals surface area contributed by atoms with E-state index in [9.17, 15) is 18.0 Å². The fourth-order valence-electron chi connectivity index (χ4n) is 3.94. The van der Waals surface area contributed by atoms with E-state index in [1.807, 2.05) is 6.92 Å². The Hall–Kier alpha value is -2.46. The molecule has 1 aliphatic rings. The third-order valence-corrected chi connectivity index (χ3v) is 5.79. The molecule has 7 nitrogen and oxygen atoms in total. The average molecular weight is 439 g/mol. The van der Waals surface area contributed by atoms with Crippen LogP contribution >= 0.6 is 0 Å². The molecule has 1 amide bonds. The molecular weight excluding hydrogens is 411 g/mol. The van der Waals surface area contributed by atoms with Gasteiger partial charge in [0.05, 0.1) is 24.4 Å². The van der Waals surface area contributed by atoms with E-state index in [0.717, 1.165) is 32.0 Å². The molecule has 1 atom stereocenters. The number of aromatic nitrogens is 3. The van der Waals surface area contributed by atoms with Crippen molar-refractivity contribution in [2.75, 3.05) is 33.3 Å². The van der Waals surface area contributed by atoms with Gasteiger partial charge in [0.1, 0.15) is 0 Å². The zero-order valence-electron chi connectivity index (χ0n) is 17.7. The van der Waals surface area contributed by atoms with Crippen LogP contribution in [0, 0.1) is 0 Å². The Balaban J connectivity index is 1.54. The van der Waals surface area contributed by atoms with Crippen LogP contribution in [0.4, 0.5) is 13.2 Å². The number of halogens is 3. The normalized spacial score (nSPS) is 17.0. The maximum Gasteiger partial charge on any atom is 0.416 e. The molecule has 2 heterocycles. The van der Waals surface area contributed by atoms with Gasteiger partial charge in [-0.3, -0.25) is 4.79 Å². The molecule has 1 aromatic heterocycles. The standard InChI is InChI=1S/C21H28F3N5O2/c1-15(12-16-4-3-5-17(13-16)21(22,23)24)28-8-6-18(7-9-28)29-14-19(25-26-29)20(31)27(2)10-11-30/h3-5,13-15,18,30H,6-12H2,1-2H3/t15-/m1/s1. The van der Waals surface area contributed by atoms with Crippen molar-refractivity contribution in [2.45, 2.75) is 44.4 Å². The third kappa shape index (κ3) is 5.82. The fraction of sp³-hybridized carbons (Fsp3) is 0.571. The summed E-state index contributed by atoms with van der Waals surface area (Å²) in [7, 11) is 1.60. The first kappa shape index (κ1) is 23.2. The van der Waals surface area contributed by atoms with Gasteiger partial charge in [0.25, 0.3) is 5.91 Å². The Kier molecular flexibility index (Phi) is 7.32. The number of carbonyl (C=O) groups excluding carboxylic acids is 1. The van der Waals surface area contributed by atoms with Crippen LogP contribution < -0.4 is 0 Å². The zero-order valence-corrected chi connectivity index (χ0v) is 17.7. The average Bonchev–Trinajstić information content (AvgIpc) is 3.23. The minimum Gasteiger partial charge on any atom is -0.395 e. The van der Waals surface area contributed by atoms with E-state index in [1.165, 1.54) is 17.0 Å². The van der Waals surface area contributed by atoms with Crippen molar-refractivity contribution in [1.29, 1.82) is 0 Å². The Morgan fingerprint density at radius 2 is 2.03 bits per heavy atom. The summed E-state index contributed by atoms with van der Waals surface area (Å²) in [5.74, 6) is -0.285. The Labute approximate surface area is 179 Å². The first-order valence-electron chi connectivity index (χ1n) is 10.4. The monoisotopic (exact) mass is 439 g/mol. The second-order valence-electron chi connectivity index (χ2n) is 8.05. The maximum absolute atomic E-state index is 12.9. The fourth-order valence-corrected chi connectivity index (χ4v) is 3.94. The van der Waals surface area contributed by atoms with E-state index in [1.54, 1.807) is 24.0 Å². The number of carbonyl (C=O) groups is 1. The molecule has 0 saturated carbocycles. The largest absolute Gasteiger partial charge is 0.416 e. The molecule has 1 saturated heterocycles. The number of aliphatic hydroxyl groups excluding tert-OH is 1. The van der Waals surface area contributed by atoms with Crippen molar-refractivity contribution in [3.05, 3.63) is 47.3 Å². The number of rotatable bonds is 7. The molecule has 10 heteroatoms. The lowest BCUT2D eigenvalue weighted by molar-refractivity contribution is -0.137. The number of hydrogen-bond acceptors (Lipinski definition) is 5. The molecule has 0 radical (unpaired) electrons. The summed E-state index contributed by atoms with van der Waals surface area (Å²) in [4.78, 5) is 15.9. The third-order valence-electron chi connectivity index (χ3n) is 5.79. The molecular formula is C21H28F3N5O2. The number of aliphatic hydroxyl groups is 1. The predicted molar refractivity (Wildman–Crippen MR) is 109 cm³/mol. The van der Waals surface area contributed by atoms with Crippen LogP contribution in [0.2, 0.25) is 0 Å². The molecule has 1 N–H and O–H groups in total. The van der Waals surface area contributed by atoms with E-state index in [2.05, 4.69) is 15.2 Å². The van der Waals surface area contributed by atoms with Gasteiger partial charge in [-0.05, 0) is 37.8 Å². The highest BCUT2D eigenvalue weighted by Gasteiger charge is 2.31. The number of amides is 1. The lowest BCUT2D eigenvalue weighted by Crippen LogP contribution is -2.41. The molecule has 0 bridgehead atoms. The first-order chi connectivity index (χ1) is 14.7. The van der Waals surface area contributed by atoms with Gasteiger partial charge in [-0.25, -0.2) is 4.68 Å². The summed E-state index contributed by atoms with van der Waals surface area (Å²) < 4.78 is 40.5. The summed E-state index contributed by atoms with van der Waals surface area (Å²) in [6.07, 6.45) is -0.508. The number of benzene rings is 1. The molecule has 31 heavy (non-hydrogen) atoms. The lowest BCUT2D eigenvalue weighted by Gasteiger charge is -2.36. The van der Waals surface area contributed by atoms with Gasteiger partial charge in [-0.15, -0.1) is 5.10 Å². The van der Waals surface area contributed by atoms with Crippen LogP contribution in [0.5, 0.6) is 0 Å². The van der Waals surface area contributed by atoms with Crippen LogP contribution in [0.25, 0.3) is 0 Å². The van der Waals surface area contributed by atoms with Gasteiger partial charge in [0, 0.05) is 32.7 Å². The Bertz CT molecular complexity index is 878. The molecule has 170 valence electrons. The molecule has 1 fully saturated rings. The van der Waals surface area contributed by atoms with Gasteiger partial charge in [-0.2, -0.15) is 13.2 Å². The van der Waals surface area contributed by atoms with E-state index >= 15 is 0 Å². The van der Waals surface area contributed by atoms with Crippen molar-refractivity contribution in [3.8, 4) is 0 Å². The molecule has 0 spiro atoms. The van der Waals surface area contributed by atoms with Crippen molar-refractivity contribution in [2.24, 2.45) is 0 Å². The summed E-state index contributed by atoms with van der Waals surface area (Å²) in [5.41, 5.74) is 0.309. The highest BCUT2D eigenvalue weighted by atomic mass is 19.4. The number of hydrogen-bond donors (Lipinski definition) is 1. The van der Waals surface area contributed by atoms with Gasteiger partial charge in [0.2, 0.25) is 0 Å². The highest BCUT2D eigenvalue weighted by Crippen LogP contribution is 2.30. The highest BCUT2D eigenvalue weighted by molar-refractivity contribution is 5.91. The smallest absolute Gasteiger partial charge is 0.395 e. The van der Waals surface area contributed by atoms with Crippen LogP contribution in [-0.4, -0.2) is 75.1 Å². The molecule has 2 aromatic rings. The quantitative estimate of drug-likeness (QED) is 0.718. The molecule has 0 aliphatic carbocycles. The van der Waals surface area contributed by atoms with Crippen LogP contribution in [0.1, 0.15) is 47.4 Å². The van der Waals surface area contributed by atoms with E-state index < -0.39 is 11.7 Å². The van der Waals surface area contributed by atoms with E-state index in [-0.39, 0.29) is 36.8 Å². The molecule has 1 aromatic carbocycles. The van der Waals surface area contributed by atoms with Crippen molar-refractivity contribution < 1.29 is 23.1 Å². The van der Waals surface area contributed by atoms with E-state index in [4.69, 9.17) is 5.11 Å². The maximum atomic E-state index is 12.9. The predicted octanol–water partition coefficient (Wildman–Crippen LogP) is 2.63. The minimum absolute atomic E-state index is 0.115. The van der Waals surface area contributed by atoms with Gasteiger partial charge in [-0.1, -0.05) is 23.4 Å². The van der Waals surface area contributed by atoms with Crippen molar-refractivity contribution >= 4 is 5.91 Å². The SMILES string of the molecule is C[C@H](Cc1cccc(C(F)(F)F)c1)N1CCC(n2cc(C(=O)N(C)CCO)nn2)CC1.